The fraction of sp³-hybridized carbons (Fsp3) is 0.222. The van der Waals surface area contributed by atoms with Crippen LogP contribution in [-0.2, 0) is 37.6 Å². The second-order valence-corrected chi connectivity index (χ2v) is 18.6. The topological polar surface area (TPSA) is 150 Å². The maximum absolute atomic E-state index is 13.7. The Balaban J connectivity index is 1.14. The van der Waals surface area contributed by atoms with Gasteiger partial charge in [-0.05, 0) is 94.4 Å². The van der Waals surface area contributed by atoms with Gasteiger partial charge in [0.05, 0.1) is 32.5 Å². The largest absolute Gasteiger partial charge is 0.497 e. The number of ether oxygens (including phenoxy) is 4. The minimum Gasteiger partial charge on any atom is -0.497 e. The van der Waals surface area contributed by atoms with Gasteiger partial charge in [-0.15, -0.1) is 5.10 Å². The van der Waals surface area contributed by atoms with E-state index < -0.39 is 53.9 Å². The van der Waals surface area contributed by atoms with Crippen molar-refractivity contribution in [3.8, 4) is 11.5 Å². The maximum Gasteiger partial charge on any atom is 0.416 e. The molecule has 2 aromatic heterocycles. The van der Waals surface area contributed by atoms with Crippen LogP contribution in [0.15, 0.2) is 144 Å². The van der Waals surface area contributed by atoms with Crippen molar-refractivity contribution in [2.75, 3.05) is 32.8 Å². The van der Waals surface area contributed by atoms with Gasteiger partial charge in [-0.3, -0.25) is 9.36 Å². The highest BCUT2D eigenvalue weighted by Crippen LogP contribution is 2.48. The highest BCUT2D eigenvalue weighted by molar-refractivity contribution is 8.09. The van der Waals surface area contributed by atoms with Gasteiger partial charge in [-0.25, -0.2) is 4.79 Å². The van der Waals surface area contributed by atoms with E-state index in [1.165, 1.54) is 29.6 Å². The van der Waals surface area contributed by atoms with Gasteiger partial charge in [0.2, 0.25) is 0 Å². The lowest BCUT2D eigenvalue weighted by molar-refractivity contribution is -0.137. The Labute approximate surface area is 369 Å². The zero-order valence-electron chi connectivity index (χ0n) is 34.4. The number of benzene rings is 5. The average molecular weight is 913 g/mol. The first kappa shape index (κ1) is 44.2. The zero-order chi connectivity index (χ0) is 45.1. The molecule has 1 aliphatic rings. The third kappa shape index (κ3) is 9.42. The Kier molecular flexibility index (Phi) is 12.7. The molecular weight excluding hydrogens is 873 g/mol. The summed E-state index contributed by atoms with van der Waals surface area (Å²) in [6.07, 6.45) is -6.01. The van der Waals surface area contributed by atoms with E-state index in [1.807, 2.05) is 78.9 Å². The summed E-state index contributed by atoms with van der Waals surface area (Å²) < 4.78 is 79.7. The van der Waals surface area contributed by atoms with Gasteiger partial charge in [-0.1, -0.05) is 77.6 Å². The van der Waals surface area contributed by atoms with E-state index in [4.69, 9.17) is 39.9 Å². The van der Waals surface area contributed by atoms with Crippen molar-refractivity contribution in [3.05, 3.63) is 178 Å². The predicted octanol–water partition coefficient (Wildman–Crippen LogP) is 8.03. The van der Waals surface area contributed by atoms with Gasteiger partial charge in [0.15, 0.2) is 0 Å². The summed E-state index contributed by atoms with van der Waals surface area (Å²) in [5.74, 6) is 0.832. The van der Waals surface area contributed by atoms with E-state index in [0.29, 0.717) is 17.1 Å². The summed E-state index contributed by atoms with van der Waals surface area (Å²) in [4.78, 5) is 31.4. The monoisotopic (exact) mass is 912 g/mol. The lowest BCUT2D eigenvalue weighted by Crippen LogP contribution is -2.38. The number of rotatable bonds is 15. The Hall–Kier alpha value is -6.43. The molecule has 1 amide bonds. The van der Waals surface area contributed by atoms with Crippen molar-refractivity contribution in [2.45, 2.75) is 36.6 Å². The molecule has 0 saturated carbocycles. The molecule has 5 aromatic carbocycles. The first-order valence-corrected chi connectivity index (χ1v) is 22.8. The first-order valence-electron chi connectivity index (χ1n) is 19.7. The summed E-state index contributed by atoms with van der Waals surface area (Å²) in [7, 11) is 3.15. The summed E-state index contributed by atoms with van der Waals surface area (Å²) in [5, 5.41) is 10.5. The molecule has 0 aliphatic carbocycles. The molecule has 3 heterocycles. The molecule has 1 saturated heterocycles. The number of halogens is 3. The van der Waals surface area contributed by atoms with Gasteiger partial charge < -0.3 is 33.4 Å². The van der Waals surface area contributed by atoms with E-state index in [1.54, 1.807) is 44.6 Å². The molecule has 0 spiro atoms. The van der Waals surface area contributed by atoms with Crippen LogP contribution in [0, 0.1) is 0 Å². The summed E-state index contributed by atoms with van der Waals surface area (Å²) in [5.41, 5.74) is -0.232. The molecule has 1 aliphatic heterocycles. The Morgan fingerprint density at radius 2 is 1.44 bits per heavy atom. The normalized spacial score (nSPS) is 17.4. The Morgan fingerprint density at radius 1 is 0.844 bits per heavy atom. The average Bonchev–Trinajstić information content (AvgIpc) is 3.89. The van der Waals surface area contributed by atoms with Crippen molar-refractivity contribution in [1.82, 2.24) is 24.7 Å². The van der Waals surface area contributed by atoms with Gasteiger partial charge in [0, 0.05) is 24.8 Å². The minimum absolute atomic E-state index is 0.0265. The van der Waals surface area contributed by atoms with E-state index in [9.17, 15) is 22.8 Å². The number of carbonyl (C=O) groups excluding carboxylic acids is 1. The second kappa shape index (κ2) is 18.3. The second-order valence-electron chi connectivity index (χ2n) is 14.7. The molecule has 0 radical (unpaired) electrons. The van der Waals surface area contributed by atoms with E-state index in [-0.39, 0.29) is 29.9 Å². The SMILES string of the molecule is COc1ccc(C(OC[C@H]2O[C@@H](n3ccc(NC(=O)c4ccccc4)nc3=O)C[C@@H]2OP(C)(=S)On2nnc3ccc(C(F)(F)F)cc32)(c2ccccc2)c2ccc(OC)cc2)cc1. The van der Waals surface area contributed by atoms with Crippen LogP contribution in [0.25, 0.3) is 11.0 Å². The molecule has 0 bridgehead atoms. The number of fused-ring (bicyclic) bond motifs is 1. The number of nitrogens with zero attached hydrogens (tertiary/aromatic N) is 5. The summed E-state index contributed by atoms with van der Waals surface area (Å²) in [6, 6.07) is 37.4. The van der Waals surface area contributed by atoms with Gasteiger partial charge in [-0.2, -0.15) is 18.2 Å². The number of amides is 1. The van der Waals surface area contributed by atoms with Crippen LogP contribution < -0.4 is 25.1 Å². The number of hydrogen-bond acceptors (Lipinski definition) is 12. The molecule has 4 atom stereocenters. The number of alkyl halides is 3. The lowest BCUT2D eigenvalue weighted by Gasteiger charge is -2.37. The smallest absolute Gasteiger partial charge is 0.416 e. The Morgan fingerprint density at radius 3 is 2.03 bits per heavy atom. The number of hydrogen-bond donors (Lipinski definition) is 1. The Bertz CT molecular complexity index is 2800. The molecule has 1 N–H and O–H groups in total. The van der Waals surface area contributed by atoms with Crippen LogP contribution >= 0.6 is 6.49 Å². The van der Waals surface area contributed by atoms with E-state index in [2.05, 4.69) is 20.6 Å². The summed E-state index contributed by atoms with van der Waals surface area (Å²) >= 11 is 5.88. The zero-order valence-corrected chi connectivity index (χ0v) is 36.1. The van der Waals surface area contributed by atoms with Crippen LogP contribution in [0.4, 0.5) is 19.0 Å². The lowest BCUT2D eigenvalue weighted by atomic mass is 9.80. The van der Waals surface area contributed by atoms with Gasteiger partial charge in [0.1, 0.15) is 46.3 Å². The molecule has 64 heavy (non-hydrogen) atoms. The van der Waals surface area contributed by atoms with Crippen LogP contribution in [0.5, 0.6) is 11.5 Å². The summed E-state index contributed by atoms with van der Waals surface area (Å²) in [6.45, 7) is -2.13. The molecule has 1 fully saturated rings. The minimum atomic E-state index is -4.64. The van der Waals surface area contributed by atoms with Crippen molar-refractivity contribution < 1.29 is 46.1 Å². The van der Waals surface area contributed by atoms with E-state index in [0.717, 1.165) is 33.7 Å². The highest BCUT2D eigenvalue weighted by Gasteiger charge is 2.45. The molecule has 330 valence electrons. The third-order valence-corrected chi connectivity index (χ3v) is 12.1. The van der Waals surface area contributed by atoms with Gasteiger partial charge >= 0.3 is 11.9 Å². The number of nitrogens with one attached hydrogen (secondary N) is 1. The van der Waals surface area contributed by atoms with Crippen molar-refractivity contribution >= 4 is 41.1 Å². The molecule has 1 unspecified atom stereocenters. The quantitative estimate of drug-likeness (QED) is 0.0784. The predicted molar refractivity (Wildman–Crippen MR) is 234 cm³/mol. The number of methoxy groups -OCH3 is 2. The highest BCUT2D eigenvalue weighted by atomic mass is 32.5. The van der Waals surface area contributed by atoms with Crippen molar-refractivity contribution in [1.29, 1.82) is 0 Å². The fourth-order valence-electron chi connectivity index (χ4n) is 7.43. The number of aromatic nitrogens is 5. The molecule has 14 nitrogen and oxygen atoms in total. The van der Waals surface area contributed by atoms with Crippen LogP contribution in [-0.4, -0.2) is 70.3 Å². The number of anilines is 1. The third-order valence-electron chi connectivity index (χ3n) is 10.5. The molecule has 8 rings (SSSR count). The fourth-order valence-corrected chi connectivity index (χ4v) is 9.11. The van der Waals surface area contributed by atoms with Crippen LogP contribution in [0.3, 0.4) is 0 Å². The maximum atomic E-state index is 13.7. The van der Waals surface area contributed by atoms with Crippen molar-refractivity contribution in [2.24, 2.45) is 0 Å². The van der Waals surface area contributed by atoms with Crippen LogP contribution in [0.1, 0.15) is 45.3 Å². The molecular formula is C45H40F3N6O8PS. The van der Waals surface area contributed by atoms with E-state index >= 15 is 0 Å². The van der Waals surface area contributed by atoms with Crippen LogP contribution in [0.2, 0.25) is 0 Å². The number of carbonyl (C=O) groups is 1. The van der Waals surface area contributed by atoms with Crippen molar-refractivity contribution in [3.63, 3.8) is 0 Å². The molecule has 7 aromatic rings. The van der Waals surface area contributed by atoms with Gasteiger partial charge in [0.25, 0.3) is 12.4 Å². The standard InChI is InChI=1S/C45H40F3N6O8PS/c1-57-34-19-14-31(15-20-34)44(30-12-8-5-9-13-30,32-16-21-35(58-2)22-17-32)59-28-39-38(61-63(3,64)62-54-37-26-33(45(46,47)48)18-23-36(37)51-52-54)27-41(60-39)53-25-24-40(50-43(53)56)49-42(55)29-10-6-4-7-11-29/h4-26,38-39,41H,27-28H2,1-3H3,(H,49,50,55,56)/t38-,39+,41+,63?/m0/s1. The first-order chi connectivity index (χ1) is 30.8. The molecule has 19 heteroatoms.